The van der Waals surface area contributed by atoms with Crippen molar-refractivity contribution in [3.8, 4) is 6.07 Å². The van der Waals surface area contributed by atoms with Gasteiger partial charge >= 0.3 is 0 Å². The third kappa shape index (κ3) is 0.909. The van der Waals surface area contributed by atoms with Gasteiger partial charge in [0.2, 0.25) is 0 Å². The largest absolute Gasteiger partial charge is 0.369 e. The van der Waals surface area contributed by atoms with Gasteiger partial charge in [-0.25, -0.2) is 0 Å². The smallest absolute Gasteiger partial charge is 0.109 e. The molecule has 3 nitrogen and oxygen atoms in total. The lowest BCUT2D eigenvalue weighted by Gasteiger charge is -2.04. The molecule has 0 aromatic rings. The molecule has 3 heteroatoms. The minimum absolute atomic E-state index is 0.139. The zero-order chi connectivity index (χ0) is 5.82. The van der Waals surface area contributed by atoms with Crippen LogP contribution < -0.4 is 10.6 Å². The Kier molecular flexibility index (Phi) is 1.38. The van der Waals surface area contributed by atoms with Gasteiger partial charge < -0.3 is 10.6 Å². The Morgan fingerprint density at radius 2 is 2.12 bits per heavy atom. The number of nitrogens with one attached hydrogen (secondary N) is 2. The molecule has 1 heterocycles. The predicted molar refractivity (Wildman–Crippen MR) is 29.4 cm³/mol. The van der Waals surface area contributed by atoms with Gasteiger partial charge in [-0.15, -0.1) is 0 Å². The van der Waals surface area contributed by atoms with Crippen LogP contribution >= 0.6 is 0 Å². The summed E-state index contributed by atoms with van der Waals surface area (Å²) in [4.78, 5) is 0. The fourth-order valence-corrected chi connectivity index (χ4v) is 0.586. The minimum Gasteiger partial charge on any atom is -0.369 e. The van der Waals surface area contributed by atoms with Gasteiger partial charge in [0.25, 0.3) is 0 Å². The maximum atomic E-state index is 8.17. The molecule has 0 aromatic heterocycles. The Hall–Kier alpha value is -1.17. The first-order chi connectivity index (χ1) is 3.93. The van der Waals surface area contributed by atoms with Crippen LogP contribution in [0.5, 0.6) is 0 Å². The van der Waals surface area contributed by atoms with Crippen molar-refractivity contribution in [2.24, 2.45) is 0 Å². The Bertz CT molecular complexity index is 125. The van der Waals surface area contributed by atoms with E-state index in [2.05, 4.69) is 10.6 Å². The van der Waals surface area contributed by atoms with Gasteiger partial charge in [-0.2, -0.15) is 5.26 Å². The lowest BCUT2D eigenvalue weighted by atomic mass is 10.4. The molecule has 0 saturated carbocycles. The fourth-order valence-electron chi connectivity index (χ4n) is 0.586. The maximum absolute atomic E-state index is 8.17. The van der Waals surface area contributed by atoms with E-state index >= 15 is 0 Å². The molecule has 0 radical (unpaired) electrons. The van der Waals surface area contributed by atoms with E-state index in [1.54, 1.807) is 12.4 Å². The Balaban J connectivity index is 2.22. The lowest BCUT2D eigenvalue weighted by Crippen LogP contribution is -2.29. The highest BCUT2D eigenvalue weighted by Gasteiger charge is 2.04. The summed E-state index contributed by atoms with van der Waals surface area (Å²) in [6.45, 7) is 0. The molecule has 0 unspecified atom stereocenters. The highest BCUT2D eigenvalue weighted by Crippen LogP contribution is 1.89. The topological polar surface area (TPSA) is 47.9 Å². The van der Waals surface area contributed by atoms with Crippen molar-refractivity contribution in [2.45, 2.75) is 12.6 Å². The molecule has 0 fully saturated rings. The third-order valence-electron chi connectivity index (χ3n) is 0.974. The second-order valence-electron chi connectivity index (χ2n) is 1.58. The van der Waals surface area contributed by atoms with Crippen molar-refractivity contribution in [2.75, 3.05) is 0 Å². The van der Waals surface area contributed by atoms with Crippen LogP contribution in [0.2, 0.25) is 0 Å². The van der Waals surface area contributed by atoms with Crippen LogP contribution in [0.25, 0.3) is 0 Å². The first-order valence-corrected chi connectivity index (χ1v) is 2.47. The molecule has 0 aromatic carbocycles. The van der Waals surface area contributed by atoms with Crippen LogP contribution in [0.3, 0.4) is 0 Å². The zero-order valence-corrected chi connectivity index (χ0v) is 4.39. The molecular formula is C5H7N3. The van der Waals surface area contributed by atoms with Crippen molar-refractivity contribution in [1.82, 2.24) is 10.6 Å². The van der Waals surface area contributed by atoms with E-state index in [0.29, 0.717) is 6.42 Å². The molecule has 42 valence electrons. The average Bonchev–Trinajstić information content (AvgIpc) is 2.19. The molecule has 2 N–H and O–H groups in total. The van der Waals surface area contributed by atoms with E-state index in [1.807, 2.05) is 6.07 Å². The van der Waals surface area contributed by atoms with Crippen molar-refractivity contribution in [1.29, 1.82) is 5.26 Å². The van der Waals surface area contributed by atoms with E-state index in [4.69, 9.17) is 5.26 Å². The summed E-state index contributed by atoms with van der Waals surface area (Å²) in [5.41, 5.74) is 0. The number of hydrogen-bond acceptors (Lipinski definition) is 3. The molecule has 0 spiro atoms. The van der Waals surface area contributed by atoms with Gasteiger partial charge in [0.1, 0.15) is 6.17 Å². The molecule has 8 heavy (non-hydrogen) atoms. The highest BCUT2D eigenvalue weighted by molar-refractivity contribution is 4.94. The predicted octanol–water partition coefficient (Wildman–Crippen LogP) is -0.110. The maximum Gasteiger partial charge on any atom is 0.109 e. The fraction of sp³-hybridized carbons (Fsp3) is 0.400. The summed E-state index contributed by atoms with van der Waals surface area (Å²) in [5, 5.41) is 14.1. The Morgan fingerprint density at radius 1 is 1.50 bits per heavy atom. The molecule has 0 bridgehead atoms. The number of hydrogen-bond donors (Lipinski definition) is 2. The van der Waals surface area contributed by atoms with Crippen LogP contribution in [-0.4, -0.2) is 6.17 Å². The van der Waals surface area contributed by atoms with Crippen molar-refractivity contribution < 1.29 is 0 Å². The second-order valence-corrected chi connectivity index (χ2v) is 1.58. The molecule has 0 atom stereocenters. The second kappa shape index (κ2) is 2.22. The van der Waals surface area contributed by atoms with E-state index in [-0.39, 0.29) is 6.17 Å². The Morgan fingerprint density at radius 3 is 2.62 bits per heavy atom. The molecule has 0 aliphatic carbocycles. The standard InChI is InChI=1S/C5H7N3/c6-2-1-5-7-3-4-8-5/h3-5,7-8H,1H2. The van der Waals surface area contributed by atoms with Crippen LogP contribution in [0.4, 0.5) is 0 Å². The highest BCUT2D eigenvalue weighted by atomic mass is 15.1. The van der Waals surface area contributed by atoms with E-state index in [0.717, 1.165) is 0 Å². The SMILES string of the molecule is N#CCC1NC=CN1. The van der Waals surface area contributed by atoms with Crippen LogP contribution in [0, 0.1) is 11.3 Å². The van der Waals surface area contributed by atoms with Crippen LogP contribution in [0.15, 0.2) is 12.4 Å². The van der Waals surface area contributed by atoms with Crippen LogP contribution in [-0.2, 0) is 0 Å². The van der Waals surface area contributed by atoms with Crippen molar-refractivity contribution >= 4 is 0 Å². The van der Waals surface area contributed by atoms with Gasteiger partial charge in [-0.3, -0.25) is 0 Å². The van der Waals surface area contributed by atoms with Gasteiger partial charge in [0.15, 0.2) is 0 Å². The molecule has 0 amide bonds. The molecular weight excluding hydrogens is 102 g/mol. The molecule has 1 aliphatic rings. The quantitative estimate of drug-likeness (QED) is 0.494. The summed E-state index contributed by atoms with van der Waals surface area (Å²) >= 11 is 0. The summed E-state index contributed by atoms with van der Waals surface area (Å²) in [6, 6.07) is 2.04. The van der Waals surface area contributed by atoms with Gasteiger partial charge in [0, 0.05) is 12.4 Å². The van der Waals surface area contributed by atoms with Gasteiger partial charge in [0.05, 0.1) is 12.5 Å². The first-order valence-electron chi connectivity index (χ1n) is 2.47. The summed E-state index contributed by atoms with van der Waals surface area (Å²) in [7, 11) is 0. The number of rotatable bonds is 1. The van der Waals surface area contributed by atoms with Gasteiger partial charge in [-0.1, -0.05) is 0 Å². The lowest BCUT2D eigenvalue weighted by molar-refractivity contribution is 0.583. The van der Waals surface area contributed by atoms with E-state index < -0.39 is 0 Å². The normalized spacial score (nSPS) is 16.9. The van der Waals surface area contributed by atoms with Crippen molar-refractivity contribution in [3.63, 3.8) is 0 Å². The monoisotopic (exact) mass is 109 g/mol. The molecule has 1 rings (SSSR count). The Labute approximate surface area is 48.0 Å². The summed E-state index contributed by atoms with van der Waals surface area (Å²) < 4.78 is 0. The number of nitriles is 1. The zero-order valence-electron chi connectivity index (χ0n) is 4.39. The summed E-state index contributed by atoms with van der Waals surface area (Å²) in [5.74, 6) is 0. The van der Waals surface area contributed by atoms with Gasteiger partial charge in [-0.05, 0) is 0 Å². The number of nitrogens with zero attached hydrogens (tertiary/aromatic N) is 1. The minimum atomic E-state index is 0.139. The molecule has 1 aliphatic heterocycles. The summed E-state index contributed by atoms with van der Waals surface area (Å²) in [6.07, 6.45) is 4.23. The molecule has 0 saturated heterocycles. The van der Waals surface area contributed by atoms with Crippen molar-refractivity contribution in [3.05, 3.63) is 12.4 Å². The van der Waals surface area contributed by atoms with Crippen LogP contribution in [0.1, 0.15) is 6.42 Å². The van der Waals surface area contributed by atoms with E-state index in [9.17, 15) is 0 Å². The van der Waals surface area contributed by atoms with E-state index in [1.165, 1.54) is 0 Å². The third-order valence-corrected chi connectivity index (χ3v) is 0.974. The average molecular weight is 109 g/mol. The first kappa shape index (κ1) is 4.98.